The van der Waals surface area contributed by atoms with Crippen molar-refractivity contribution in [1.29, 1.82) is 0 Å². The summed E-state index contributed by atoms with van der Waals surface area (Å²) in [5, 5.41) is 11.0. The first kappa shape index (κ1) is 22.8. The predicted molar refractivity (Wildman–Crippen MR) is 116 cm³/mol. The Bertz CT molecular complexity index is 1100. The van der Waals surface area contributed by atoms with Gasteiger partial charge in [0.25, 0.3) is 0 Å². The zero-order valence-corrected chi connectivity index (χ0v) is 18.9. The van der Waals surface area contributed by atoms with Gasteiger partial charge in [-0.2, -0.15) is 4.39 Å². The summed E-state index contributed by atoms with van der Waals surface area (Å²) in [6.45, 7) is 0.390. The second-order valence-corrected chi connectivity index (χ2v) is 11.4. The monoisotopic (exact) mass is 481 g/mol. The van der Waals surface area contributed by atoms with Crippen LogP contribution in [-0.4, -0.2) is 60.2 Å². The molecule has 2 aliphatic rings. The van der Waals surface area contributed by atoms with Crippen LogP contribution in [0.1, 0.15) is 37.2 Å². The molecule has 0 bridgehead atoms. The maximum atomic E-state index is 13.3. The van der Waals surface area contributed by atoms with Crippen molar-refractivity contribution in [3.8, 4) is 0 Å². The van der Waals surface area contributed by atoms with E-state index in [9.17, 15) is 22.4 Å². The van der Waals surface area contributed by atoms with Crippen LogP contribution in [0, 0.1) is 11.0 Å². The van der Waals surface area contributed by atoms with Gasteiger partial charge in [0.05, 0.1) is 22.3 Å². The van der Waals surface area contributed by atoms with Crippen molar-refractivity contribution in [2.75, 3.05) is 25.0 Å². The fourth-order valence-electron chi connectivity index (χ4n) is 4.04. The summed E-state index contributed by atoms with van der Waals surface area (Å²) < 4.78 is 38.3. The number of carbonyl (C=O) groups excluding carboxylic acids is 2. The molecule has 2 N–H and O–H groups in total. The smallest absolute Gasteiger partial charge is 0.248 e. The van der Waals surface area contributed by atoms with Crippen molar-refractivity contribution < 1.29 is 27.5 Å². The predicted octanol–water partition coefficient (Wildman–Crippen LogP) is 2.17. The number of aliphatic hydroxyl groups excluding tert-OH is 1. The van der Waals surface area contributed by atoms with Crippen LogP contribution >= 0.6 is 11.3 Å². The Kier molecular flexibility index (Phi) is 6.59. The number of hydrogen-bond donors (Lipinski definition) is 2. The minimum atomic E-state index is -3.33. The zero-order valence-electron chi connectivity index (χ0n) is 17.2. The van der Waals surface area contributed by atoms with Crippen molar-refractivity contribution in [3.63, 3.8) is 0 Å². The van der Waals surface area contributed by atoms with Gasteiger partial charge in [-0.3, -0.25) is 9.59 Å². The van der Waals surface area contributed by atoms with Crippen molar-refractivity contribution in [2.24, 2.45) is 5.92 Å². The van der Waals surface area contributed by atoms with Gasteiger partial charge in [0.2, 0.25) is 11.8 Å². The molecule has 1 aromatic heterocycles. The summed E-state index contributed by atoms with van der Waals surface area (Å²) in [5.74, 6) is -1.32. The Morgan fingerprint density at radius 3 is 2.56 bits per heavy atom. The Balaban J connectivity index is 1.54. The number of rotatable bonds is 8. The van der Waals surface area contributed by atoms with Crippen molar-refractivity contribution in [2.45, 2.75) is 41.7 Å². The fourth-order valence-corrected chi connectivity index (χ4v) is 6.25. The van der Waals surface area contributed by atoms with Crippen LogP contribution in [0.15, 0.2) is 35.4 Å². The number of nitrogens with zero attached hydrogens (tertiary/aromatic N) is 2. The standard InChI is InChI=1S/C21H24FN3O5S2/c22-18-10-23-21(31-18)24-20(28)17(9-13-7-8-25(11-13)19(27)12-26)14-1-3-15(4-2-14)32(29,30)16-5-6-16/h1-4,10,13,16-17,26H,5-9,11-12H2,(H,23,24,28)/t13-,17-/m1/s1. The summed E-state index contributed by atoms with van der Waals surface area (Å²) in [6.07, 6.45) is 3.48. The molecular weight excluding hydrogens is 457 g/mol. The van der Waals surface area contributed by atoms with E-state index in [1.165, 1.54) is 12.1 Å². The fraction of sp³-hybridized carbons (Fsp3) is 0.476. The number of anilines is 1. The van der Waals surface area contributed by atoms with Crippen LogP contribution in [-0.2, 0) is 19.4 Å². The molecule has 0 spiro atoms. The molecule has 2 atom stereocenters. The van der Waals surface area contributed by atoms with Crippen molar-refractivity contribution >= 4 is 38.1 Å². The van der Waals surface area contributed by atoms with E-state index in [1.807, 2.05) is 0 Å². The number of aliphatic hydroxyl groups is 1. The molecule has 2 heterocycles. The first-order valence-corrected chi connectivity index (χ1v) is 12.8. The number of likely N-dealkylation sites (tertiary alicyclic amines) is 1. The molecule has 8 nitrogen and oxygen atoms in total. The zero-order chi connectivity index (χ0) is 22.9. The lowest BCUT2D eigenvalue weighted by Gasteiger charge is -2.21. The number of amides is 2. The summed E-state index contributed by atoms with van der Waals surface area (Å²) in [7, 11) is -3.33. The average Bonchev–Trinajstić information content (AvgIpc) is 3.42. The highest BCUT2D eigenvalue weighted by Crippen LogP contribution is 2.35. The largest absolute Gasteiger partial charge is 0.387 e. The van der Waals surface area contributed by atoms with Gasteiger partial charge in [-0.1, -0.05) is 23.5 Å². The third kappa shape index (κ3) is 5.00. The van der Waals surface area contributed by atoms with Gasteiger partial charge in [-0.05, 0) is 49.3 Å². The Hall–Kier alpha value is -2.37. The Morgan fingerprint density at radius 1 is 1.25 bits per heavy atom. The van der Waals surface area contributed by atoms with Crippen LogP contribution in [0.3, 0.4) is 0 Å². The molecule has 4 rings (SSSR count). The number of hydrogen-bond acceptors (Lipinski definition) is 7. The third-order valence-corrected chi connectivity index (χ3v) is 8.92. The number of sulfone groups is 1. The van der Waals surface area contributed by atoms with E-state index < -0.39 is 27.5 Å². The van der Waals surface area contributed by atoms with Gasteiger partial charge in [0.1, 0.15) is 6.61 Å². The number of thiazole rings is 1. The molecule has 1 aliphatic heterocycles. The normalized spacial score (nSPS) is 19.7. The van der Waals surface area contributed by atoms with Crippen LogP contribution in [0.2, 0.25) is 0 Å². The quantitative estimate of drug-likeness (QED) is 0.597. The molecule has 1 saturated heterocycles. The molecular formula is C21H24FN3O5S2. The van der Waals surface area contributed by atoms with Gasteiger partial charge in [0.15, 0.2) is 20.1 Å². The lowest BCUT2D eigenvalue weighted by Crippen LogP contribution is -2.31. The van der Waals surface area contributed by atoms with Gasteiger partial charge in [-0.25, -0.2) is 13.4 Å². The van der Waals surface area contributed by atoms with Crippen molar-refractivity contribution in [3.05, 3.63) is 41.2 Å². The first-order chi connectivity index (χ1) is 15.3. The van der Waals surface area contributed by atoms with Crippen LogP contribution in [0.25, 0.3) is 0 Å². The maximum absolute atomic E-state index is 13.3. The SMILES string of the molecule is O=C(Nc1ncc(F)s1)[C@H](C[C@H]1CCN(C(=O)CO)C1)c1ccc(S(=O)(=O)C2CC2)cc1. The van der Waals surface area contributed by atoms with Crippen LogP contribution in [0.4, 0.5) is 9.52 Å². The number of nitrogens with one attached hydrogen (secondary N) is 1. The second-order valence-electron chi connectivity index (χ2n) is 8.21. The lowest BCUT2D eigenvalue weighted by atomic mass is 9.87. The van der Waals surface area contributed by atoms with Gasteiger partial charge >= 0.3 is 0 Å². The summed E-state index contributed by atoms with van der Waals surface area (Å²) in [5.41, 5.74) is 0.640. The van der Waals surface area contributed by atoms with Gasteiger partial charge in [-0.15, -0.1) is 0 Å². The molecule has 2 fully saturated rings. The minimum Gasteiger partial charge on any atom is -0.387 e. The summed E-state index contributed by atoms with van der Waals surface area (Å²) in [4.78, 5) is 30.5. The van der Waals surface area contributed by atoms with Gasteiger partial charge < -0.3 is 15.3 Å². The second kappa shape index (κ2) is 9.24. The summed E-state index contributed by atoms with van der Waals surface area (Å²) in [6, 6.07) is 6.35. The highest BCUT2D eigenvalue weighted by Gasteiger charge is 2.37. The molecule has 0 radical (unpaired) electrons. The maximum Gasteiger partial charge on any atom is 0.248 e. The average molecular weight is 482 g/mol. The number of aromatic nitrogens is 1. The van der Waals surface area contributed by atoms with E-state index in [2.05, 4.69) is 10.3 Å². The molecule has 0 unspecified atom stereocenters. The highest BCUT2D eigenvalue weighted by molar-refractivity contribution is 7.92. The number of benzene rings is 1. The molecule has 11 heteroatoms. The lowest BCUT2D eigenvalue weighted by molar-refractivity contribution is -0.133. The molecule has 1 aromatic carbocycles. The van der Waals surface area contributed by atoms with E-state index in [0.29, 0.717) is 44.3 Å². The molecule has 1 aliphatic carbocycles. The highest BCUT2D eigenvalue weighted by atomic mass is 32.2. The number of halogens is 1. The molecule has 172 valence electrons. The Morgan fingerprint density at radius 2 is 1.97 bits per heavy atom. The molecule has 2 aromatic rings. The van der Waals surface area contributed by atoms with E-state index in [1.54, 1.807) is 17.0 Å². The third-order valence-electron chi connectivity index (χ3n) is 5.94. The van der Waals surface area contributed by atoms with Crippen LogP contribution < -0.4 is 5.32 Å². The molecule has 32 heavy (non-hydrogen) atoms. The number of carbonyl (C=O) groups is 2. The van der Waals surface area contributed by atoms with E-state index in [4.69, 9.17) is 5.11 Å². The Labute approximate surface area is 189 Å². The van der Waals surface area contributed by atoms with E-state index in [0.717, 1.165) is 17.5 Å². The topological polar surface area (TPSA) is 117 Å². The van der Waals surface area contributed by atoms with Crippen molar-refractivity contribution in [1.82, 2.24) is 9.88 Å². The van der Waals surface area contributed by atoms with Crippen LogP contribution in [0.5, 0.6) is 0 Å². The molecule has 2 amide bonds. The summed E-state index contributed by atoms with van der Waals surface area (Å²) >= 11 is 0.725. The molecule has 1 saturated carbocycles. The van der Waals surface area contributed by atoms with E-state index >= 15 is 0 Å². The first-order valence-electron chi connectivity index (χ1n) is 10.4. The van der Waals surface area contributed by atoms with E-state index in [-0.39, 0.29) is 33.0 Å². The minimum absolute atomic E-state index is 0.0316. The van der Waals surface area contributed by atoms with Gasteiger partial charge in [0, 0.05) is 13.1 Å².